The van der Waals surface area contributed by atoms with Crippen molar-refractivity contribution in [1.29, 1.82) is 0 Å². The normalized spacial score (nSPS) is 14.1. The lowest BCUT2D eigenvalue weighted by molar-refractivity contribution is 0.248. The van der Waals surface area contributed by atoms with E-state index in [0.29, 0.717) is 24.9 Å². The fourth-order valence-corrected chi connectivity index (χ4v) is 2.93. The Balaban J connectivity index is 3.82. The van der Waals surface area contributed by atoms with Gasteiger partial charge in [-0.3, -0.25) is 5.32 Å². The molecule has 0 heterocycles. The third-order valence-electron chi connectivity index (χ3n) is 2.26. The minimum Gasteiger partial charge on any atom is -0.381 e. The molecule has 0 aliphatic rings. The summed E-state index contributed by atoms with van der Waals surface area (Å²) in [6, 6.07) is 1.45. The van der Waals surface area contributed by atoms with Crippen LogP contribution in [0.5, 0.6) is 0 Å². The number of nitrogens with one attached hydrogen (secondary N) is 3. The Morgan fingerprint density at radius 1 is 1.00 bits per heavy atom. The molecule has 5 heteroatoms. The molecule has 0 aliphatic heterocycles. The largest absolute Gasteiger partial charge is 0.381 e. The molecule has 1 unspecified atom stereocenters. The Kier molecular flexibility index (Phi) is 9.16. The smallest absolute Gasteiger partial charge is 0.336 e. The Labute approximate surface area is 102 Å². The first-order chi connectivity index (χ1) is 7.45. The van der Waals surface area contributed by atoms with Crippen molar-refractivity contribution in [2.75, 3.05) is 6.73 Å². The summed E-state index contributed by atoms with van der Waals surface area (Å²) in [5, 5.41) is 3.34. The van der Waals surface area contributed by atoms with Gasteiger partial charge in [0.2, 0.25) is 0 Å². The zero-order valence-electron chi connectivity index (χ0n) is 11.6. The zero-order valence-corrected chi connectivity index (χ0v) is 12.8. The summed E-state index contributed by atoms with van der Waals surface area (Å²) in [7, 11) is -1.48. The molecule has 0 fully saturated rings. The quantitative estimate of drug-likeness (QED) is 0.421. The van der Waals surface area contributed by atoms with Crippen LogP contribution in [-0.4, -0.2) is 34.2 Å². The van der Waals surface area contributed by atoms with E-state index in [-0.39, 0.29) is 0 Å². The van der Waals surface area contributed by atoms with E-state index in [2.05, 4.69) is 56.8 Å². The summed E-state index contributed by atoms with van der Waals surface area (Å²) in [5.74, 6) is 0. The van der Waals surface area contributed by atoms with Crippen LogP contribution < -0.4 is 15.3 Å². The first kappa shape index (κ1) is 16.1. The third-order valence-corrected chi connectivity index (χ3v) is 4.70. The van der Waals surface area contributed by atoms with E-state index in [4.69, 9.17) is 4.43 Å². The van der Waals surface area contributed by atoms with Crippen LogP contribution in [0.2, 0.25) is 0 Å². The molecule has 0 saturated carbocycles. The highest BCUT2D eigenvalue weighted by molar-refractivity contribution is 6.46. The van der Waals surface area contributed by atoms with E-state index in [1.54, 1.807) is 0 Å². The maximum atomic E-state index is 5.84. The molecule has 0 amide bonds. The van der Waals surface area contributed by atoms with Crippen LogP contribution in [0.4, 0.5) is 0 Å². The molecule has 4 nitrogen and oxygen atoms in total. The molecule has 0 rings (SSSR count). The van der Waals surface area contributed by atoms with Crippen molar-refractivity contribution < 1.29 is 4.43 Å². The van der Waals surface area contributed by atoms with Gasteiger partial charge in [0.25, 0.3) is 0 Å². The monoisotopic (exact) mass is 247 g/mol. The molecule has 1 atom stereocenters. The van der Waals surface area contributed by atoms with Crippen LogP contribution in [0.25, 0.3) is 0 Å². The Morgan fingerprint density at radius 3 is 1.88 bits per heavy atom. The highest BCUT2D eigenvalue weighted by atomic mass is 28.3. The van der Waals surface area contributed by atoms with Crippen LogP contribution in [0.3, 0.4) is 0 Å². The molecule has 3 N–H and O–H groups in total. The van der Waals surface area contributed by atoms with Crippen molar-refractivity contribution in [2.45, 2.75) is 66.1 Å². The van der Waals surface area contributed by atoms with E-state index in [1.165, 1.54) is 0 Å². The lowest BCUT2D eigenvalue weighted by Gasteiger charge is -2.23. The van der Waals surface area contributed by atoms with Crippen LogP contribution in [0.1, 0.15) is 48.0 Å². The fraction of sp³-hybridized carbons (Fsp3) is 1.00. The molecule has 0 aromatic rings. The van der Waals surface area contributed by atoms with Gasteiger partial charge in [0, 0.05) is 6.04 Å². The van der Waals surface area contributed by atoms with E-state index in [9.17, 15) is 0 Å². The summed E-state index contributed by atoms with van der Waals surface area (Å²) in [4.78, 5) is 6.94. The molecular weight excluding hydrogens is 218 g/mol. The second kappa shape index (κ2) is 9.12. The average Bonchev–Trinajstić information content (AvgIpc) is 2.15. The summed E-state index contributed by atoms with van der Waals surface area (Å²) in [5.41, 5.74) is 0. The van der Waals surface area contributed by atoms with Gasteiger partial charge >= 0.3 is 9.36 Å². The van der Waals surface area contributed by atoms with Crippen LogP contribution >= 0.6 is 0 Å². The van der Waals surface area contributed by atoms with E-state index in [0.717, 1.165) is 6.42 Å². The first-order valence-corrected chi connectivity index (χ1v) is 7.95. The average molecular weight is 247 g/mol. The van der Waals surface area contributed by atoms with Gasteiger partial charge in [-0.15, -0.1) is 0 Å². The van der Waals surface area contributed by atoms with Crippen molar-refractivity contribution in [3.63, 3.8) is 0 Å². The molecule has 98 valence electrons. The fourth-order valence-electron chi connectivity index (χ4n) is 1.17. The molecular formula is C11H29N3OSi. The number of rotatable bonds is 9. The summed E-state index contributed by atoms with van der Waals surface area (Å²) < 4.78 is 5.84. The summed E-state index contributed by atoms with van der Waals surface area (Å²) >= 11 is 0. The lowest BCUT2D eigenvalue weighted by atomic mass is 10.3. The van der Waals surface area contributed by atoms with Crippen molar-refractivity contribution in [2.24, 2.45) is 0 Å². The molecule has 16 heavy (non-hydrogen) atoms. The van der Waals surface area contributed by atoms with Crippen molar-refractivity contribution in [3.05, 3.63) is 0 Å². The van der Waals surface area contributed by atoms with Crippen molar-refractivity contribution in [3.8, 4) is 0 Å². The van der Waals surface area contributed by atoms with Gasteiger partial charge in [0.05, 0.1) is 6.73 Å². The van der Waals surface area contributed by atoms with Gasteiger partial charge in [0.1, 0.15) is 0 Å². The number of hydrogen-bond acceptors (Lipinski definition) is 4. The SMILES string of the molecule is CCC(C)NCO[SiH](NC(C)C)NC(C)C. The molecule has 0 aromatic heterocycles. The summed E-state index contributed by atoms with van der Waals surface area (Å²) in [6.45, 7) is 13.6. The highest BCUT2D eigenvalue weighted by Crippen LogP contribution is 1.89. The van der Waals surface area contributed by atoms with Crippen LogP contribution in [0, 0.1) is 0 Å². The predicted molar refractivity (Wildman–Crippen MR) is 72.5 cm³/mol. The topological polar surface area (TPSA) is 45.3 Å². The summed E-state index contributed by atoms with van der Waals surface area (Å²) in [6.07, 6.45) is 1.13. The van der Waals surface area contributed by atoms with Gasteiger partial charge < -0.3 is 14.4 Å². The molecule has 0 aromatic carbocycles. The molecule has 0 radical (unpaired) electrons. The Bertz CT molecular complexity index is 157. The second-order valence-corrected chi connectivity index (χ2v) is 6.61. The zero-order chi connectivity index (χ0) is 12.6. The maximum absolute atomic E-state index is 5.84. The van der Waals surface area contributed by atoms with Crippen molar-refractivity contribution >= 4 is 9.36 Å². The Hall–Kier alpha value is 0.0569. The standard InChI is InChI=1S/C11H29N3OSi/c1-7-11(6)12-8-15-16(13-9(2)3)14-10(4)5/h9-14,16H,7-8H2,1-6H3. The van der Waals surface area contributed by atoms with E-state index >= 15 is 0 Å². The van der Waals surface area contributed by atoms with Crippen molar-refractivity contribution in [1.82, 2.24) is 15.3 Å². The van der Waals surface area contributed by atoms with Gasteiger partial charge in [-0.1, -0.05) is 34.6 Å². The molecule has 0 saturated heterocycles. The number of hydrogen-bond donors (Lipinski definition) is 3. The minimum atomic E-state index is -1.48. The third kappa shape index (κ3) is 9.29. The van der Waals surface area contributed by atoms with Crippen LogP contribution in [0.15, 0.2) is 0 Å². The lowest BCUT2D eigenvalue weighted by Crippen LogP contribution is -2.56. The van der Waals surface area contributed by atoms with E-state index < -0.39 is 9.36 Å². The predicted octanol–water partition coefficient (Wildman–Crippen LogP) is 1.06. The second-order valence-electron chi connectivity index (χ2n) is 4.85. The maximum Gasteiger partial charge on any atom is 0.336 e. The minimum absolute atomic E-state index is 0.464. The van der Waals surface area contributed by atoms with E-state index in [1.807, 2.05) is 0 Å². The van der Waals surface area contributed by atoms with Crippen LogP contribution in [-0.2, 0) is 4.43 Å². The molecule has 0 bridgehead atoms. The van der Waals surface area contributed by atoms with Gasteiger partial charge in [-0.25, -0.2) is 0 Å². The first-order valence-electron chi connectivity index (χ1n) is 6.32. The molecule has 0 aliphatic carbocycles. The van der Waals surface area contributed by atoms with Gasteiger partial charge in [-0.2, -0.15) is 0 Å². The van der Waals surface area contributed by atoms with Gasteiger partial charge in [-0.05, 0) is 25.4 Å². The Morgan fingerprint density at radius 2 is 1.50 bits per heavy atom. The molecule has 0 spiro atoms. The highest BCUT2D eigenvalue weighted by Gasteiger charge is 2.14. The van der Waals surface area contributed by atoms with Gasteiger partial charge in [0.15, 0.2) is 0 Å².